The first-order valence-corrected chi connectivity index (χ1v) is 7.78. The van der Waals surface area contributed by atoms with Gasteiger partial charge in [-0.15, -0.1) is 0 Å². The van der Waals surface area contributed by atoms with E-state index in [-0.39, 0.29) is 5.57 Å². The van der Waals surface area contributed by atoms with E-state index in [9.17, 15) is 14.9 Å². The molecule has 0 aliphatic heterocycles. The normalized spacial score (nSPS) is 10.5. The quantitative estimate of drug-likeness (QED) is 0.408. The van der Waals surface area contributed by atoms with Gasteiger partial charge in [0.1, 0.15) is 11.6 Å². The van der Waals surface area contributed by atoms with Crippen molar-refractivity contribution in [3.05, 3.63) is 59.8 Å². The van der Waals surface area contributed by atoms with E-state index in [1.165, 1.54) is 26.4 Å². The Bertz CT molecular complexity index is 914. The van der Waals surface area contributed by atoms with Crippen LogP contribution < -0.4 is 25.8 Å². The van der Waals surface area contributed by atoms with Gasteiger partial charge in [0.05, 0.1) is 14.2 Å². The predicted molar refractivity (Wildman–Crippen MR) is 100 cm³/mol. The minimum atomic E-state index is -0.678. The molecule has 0 aliphatic carbocycles. The lowest BCUT2D eigenvalue weighted by atomic mass is 10.2. The summed E-state index contributed by atoms with van der Waals surface area (Å²) in [4.78, 5) is 24.3. The van der Waals surface area contributed by atoms with E-state index in [0.29, 0.717) is 28.4 Å². The lowest BCUT2D eigenvalue weighted by molar-refractivity contribution is -0.112. The van der Waals surface area contributed by atoms with Crippen molar-refractivity contribution in [1.29, 1.82) is 5.26 Å². The van der Waals surface area contributed by atoms with E-state index in [2.05, 4.69) is 10.6 Å². The molecule has 0 saturated carbocycles. The molecule has 2 amide bonds. The van der Waals surface area contributed by atoms with Crippen LogP contribution in [0.3, 0.4) is 0 Å². The van der Waals surface area contributed by atoms with Gasteiger partial charge in [0.25, 0.3) is 11.8 Å². The summed E-state index contributed by atoms with van der Waals surface area (Å²) in [6.07, 6.45) is 1.05. The second-order valence-corrected chi connectivity index (χ2v) is 5.29. The Morgan fingerprint density at radius 1 is 1.07 bits per heavy atom. The lowest BCUT2D eigenvalue weighted by Gasteiger charge is -2.10. The molecule has 2 rings (SSSR count). The molecule has 8 heteroatoms. The number of benzene rings is 2. The highest BCUT2D eigenvalue weighted by Gasteiger charge is 2.12. The number of nitrogens with one attached hydrogen (secondary N) is 2. The summed E-state index contributed by atoms with van der Waals surface area (Å²) in [5.74, 6) is -0.222. The molecule has 0 atom stereocenters. The van der Waals surface area contributed by atoms with Crippen LogP contribution in [0.5, 0.6) is 11.5 Å². The van der Waals surface area contributed by atoms with Crippen molar-refractivity contribution in [3.63, 3.8) is 0 Å². The molecule has 0 radical (unpaired) electrons. The maximum Gasteiger partial charge on any atom is 0.267 e. The van der Waals surface area contributed by atoms with Crippen LogP contribution in [-0.2, 0) is 4.79 Å². The first-order valence-electron chi connectivity index (χ1n) is 7.78. The van der Waals surface area contributed by atoms with Gasteiger partial charge in [0.2, 0.25) is 0 Å². The molecule has 0 spiro atoms. The largest absolute Gasteiger partial charge is 0.493 e. The van der Waals surface area contributed by atoms with Gasteiger partial charge in [-0.05, 0) is 36.4 Å². The Morgan fingerprint density at radius 3 is 2.33 bits per heavy atom. The van der Waals surface area contributed by atoms with Crippen molar-refractivity contribution in [1.82, 2.24) is 5.32 Å². The van der Waals surface area contributed by atoms with Crippen LogP contribution in [0.4, 0.5) is 11.4 Å². The minimum Gasteiger partial charge on any atom is -0.493 e. The maximum absolute atomic E-state index is 12.2. The fourth-order valence-electron chi connectivity index (χ4n) is 2.12. The van der Waals surface area contributed by atoms with Crippen molar-refractivity contribution in [3.8, 4) is 17.6 Å². The Balaban J connectivity index is 2.09. The standard InChI is InChI=1S/C19H18N4O4/c1-26-16-8-7-15(9-17(16)27-2)23-19(25)13(10-20)11-22-18(24)12-3-5-14(21)6-4-12/h3-9,11H,21H2,1-2H3,(H,22,24)(H,23,25)/b13-11-. The number of amides is 2. The molecule has 4 N–H and O–H groups in total. The predicted octanol–water partition coefficient (Wildman–Crippen LogP) is 2.06. The summed E-state index contributed by atoms with van der Waals surface area (Å²) in [5, 5.41) is 14.1. The summed E-state index contributed by atoms with van der Waals surface area (Å²) in [5.41, 5.74) is 6.57. The number of carbonyl (C=O) groups is 2. The van der Waals surface area contributed by atoms with Crippen molar-refractivity contribution in [2.45, 2.75) is 0 Å². The zero-order valence-electron chi connectivity index (χ0n) is 14.8. The maximum atomic E-state index is 12.2. The number of nitrogen functional groups attached to an aromatic ring is 1. The van der Waals surface area contributed by atoms with Gasteiger partial charge in [0, 0.05) is 29.2 Å². The van der Waals surface area contributed by atoms with Gasteiger partial charge in [-0.3, -0.25) is 9.59 Å². The van der Waals surface area contributed by atoms with E-state index in [1.54, 1.807) is 36.4 Å². The van der Waals surface area contributed by atoms with Crippen LogP contribution in [0, 0.1) is 11.3 Å². The third kappa shape index (κ3) is 4.99. The average molecular weight is 366 g/mol. The molecule has 2 aromatic carbocycles. The highest BCUT2D eigenvalue weighted by atomic mass is 16.5. The first kappa shape index (κ1) is 19.3. The zero-order valence-corrected chi connectivity index (χ0v) is 14.8. The Hall–Kier alpha value is -3.99. The Labute approximate surface area is 156 Å². The molecule has 138 valence electrons. The van der Waals surface area contributed by atoms with Crippen LogP contribution in [0.15, 0.2) is 54.2 Å². The van der Waals surface area contributed by atoms with Gasteiger partial charge in [-0.25, -0.2) is 0 Å². The van der Waals surface area contributed by atoms with E-state index < -0.39 is 11.8 Å². The molecular weight excluding hydrogens is 348 g/mol. The fraction of sp³-hybridized carbons (Fsp3) is 0.105. The monoisotopic (exact) mass is 366 g/mol. The lowest BCUT2D eigenvalue weighted by Crippen LogP contribution is -2.21. The Morgan fingerprint density at radius 2 is 1.74 bits per heavy atom. The van der Waals surface area contributed by atoms with Crippen LogP contribution >= 0.6 is 0 Å². The van der Waals surface area contributed by atoms with Gasteiger partial charge in [-0.2, -0.15) is 5.26 Å². The molecule has 0 fully saturated rings. The topological polar surface area (TPSA) is 126 Å². The van der Waals surface area contributed by atoms with Crippen molar-refractivity contribution >= 4 is 23.2 Å². The molecule has 0 bridgehead atoms. The summed E-state index contributed by atoms with van der Waals surface area (Å²) >= 11 is 0. The highest BCUT2D eigenvalue weighted by molar-refractivity contribution is 6.07. The number of methoxy groups -OCH3 is 2. The first-order chi connectivity index (χ1) is 13.0. The second kappa shape index (κ2) is 8.92. The number of hydrogen-bond acceptors (Lipinski definition) is 6. The number of anilines is 2. The number of nitriles is 1. The molecule has 0 unspecified atom stereocenters. The highest BCUT2D eigenvalue weighted by Crippen LogP contribution is 2.29. The summed E-state index contributed by atoms with van der Waals surface area (Å²) in [7, 11) is 2.97. The summed E-state index contributed by atoms with van der Waals surface area (Å²) in [6.45, 7) is 0. The van der Waals surface area contributed by atoms with Gasteiger partial charge < -0.3 is 25.8 Å². The van der Waals surface area contributed by atoms with Crippen molar-refractivity contribution < 1.29 is 19.1 Å². The molecule has 8 nitrogen and oxygen atoms in total. The third-order valence-electron chi connectivity index (χ3n) is 3.53. The number of hydrogen-bond donors (Lipinski definition) is 3. The van der Waals surface area contributed by atoms with E-state index in [0.717, 1.165) is 6.20 Å². The number of nitrogens with two attached hydrogens (primary N) is 1. The Kier molecular flexibility index (Phi) is 6.39. The number of rotatable bonds is 6. The molecule has 0 aliphatic rings. The van der Waals surface area contributed by atoms with Crippen molar-refractivity contribution in [2.24, 2.45) is 0 Å². The second-order valence-electron chi connectivity index (χ2n) is 5.29. The van der Waals surface area contributed by atoms with Crippen LogP contribution in [-0.4, -0.2) is 26.0 Å². The molecule has 2 aromatic rings. The molecule has 0 heterocycles. The van der Waals surface area contributed by atoms with Crippen LogP contribution in [0.25, 0.3) is 0 Å². The minimum absolute atomic E-state index is 0.270. The number of ether oxygens (including phenoxy) is 2. The number of carbonyl (C=O) groups excluding carboxylic acids is 2. The van der Waals surface area contributed by atoms with E-state index in [4.69, 9.17) is 15.2 Å². The van der Waals surface area contributed by atoms with Gasteiger partial charge >= 0.3 is 0 Å². The fourth-order valence-corrected chi connectivity index (χ4v) is 2.12. The third-order valence-corrected chi connectivity index (χ3v) is 3.53. The van der Waals surface area contributed by atoms with E-state index >= 15 is 0 Å². The summed E-state index contributed by atoms with van der Waals surface area (Å²) < 4.78 is 10.3. The summed E-state index contributed by atoms with van der Waals surface area (Å²) in [6, 6.07) is 12.7. The molecule has 27 heavy (non-hydrogen) atoms. The van der Waals surface area contributed by atoms with Gasteiger partial charge in [0.15, 0.2) is 11.5 Å². The smallest absolute Gasteiger partial charge is 0.267 e. The van der Waals surface area contributed by atoms with Crippen LogP contribution in [0.2, 0.25) is 0 Å². The number of nitrogens with zero attached hydrogens (tertiary/aromatic N) is 1. The van der Waals surface area contributed by atoms with E-state index in [1.807, 2.05) is 0 Å². The average Bonchev–Trinajstić information content (AvgIpc) is 2.68. The van der Waals surface area contributed by atoms with Gasteiger partial charge in [-0.1, -0.05) is 0 Å². The zero-order chi connectivity index (χ0) is 19.8. The molecule has 0 saturated heterocycles. The molecular formula is C19H18N4O4. The SMILES string of the molecule is COc1ccc(NC(=O)/C(C#N)=C\NC(=O)c2ccc(N)cc2)cc1OC. The van der Waals surface area contributed by atoms with Crippen LogP contribution in [0.1, 0.15) is 10.4 Å². The van der Waals surface area contributed by atoms with Crippen molar-refractivity contribution in [2.75, 3.05) is 25.3 Å². The molecule has 0 aromatic heterocycles.